The van der Waals surface area contributed by atoms with Crippen molar-refractivity contribution in [2.75, 3.05) is 26.3 Å². The molecule has 2 unspecified atom stereocenters. The van der Waals surface area contributed by atoms with Crippen molar-refractivity contribution >= 4 is 0 Å². The van der Waals surface area contributed by atoms with E-state index in [1.165, 1.54) is 38.6 Å². The molecule has 3 aliphatic rings. The highest BCUT2D eigenvalue weighted by Crippen LogP contribution is 2.51. The molecular weight excluding hydrogens is 226 g/mol. The quantitative estimate of drug-likeness (QED) is 0.777. The molecule has 0 radical (unpaired) electrons. The van der Waals surface area contributed by atoms with Crippen molar-refractivity contribution in [2.45, 2.75) is 63.5 Å². The molecule has 0 aromatic carbocycles. The average molecular weight is 253 g/mol. The summed E-state index contributed by atoms with van der Waals surface area (Å²) in [4.78, 5) is 2.64. The lowest BCUT2D eigenvalue weighted by atomic mass is 9.67. The Morgan fingerprint density at radius 3 is 2.67 bits per heavy atom. The van der Waals surface area contributed by atoms with Gasteiger partial charge in [0.15, 0.2) is 0 Å². The Morgan fingerprint density at radius 1 is 1.00 bits per heavy atom. The van der Waals surface area contributed by atoms with Gasteiger partial charge in [0.2, 0.25) is 0 Å². The Kier molecular flexibility index (Phi) is 3.92. The summed E-state index contributed by atoms with van der Waals surface area (Å²) in [5.74, 6) is 0. The third kappa shape index (κ3) is 2.45. The number of hydrogen-bond acceptors (Lipinski definition) is 3. The molecule has 2 aliphatic carbocycles. The molecule has 3 rings (SSSR count). The van der Waals surface area contributed by atoms with Gasteiger partial charge in [0, 0.05) is 25.7 Å². The Balaban J connectivity index is 1.76. The molecule has 3 heteroatoms. The lowest BCUT2D eigenvalue weighted by Crippen LogP contribution is -2.52. The average Bonchev–Trinajstić information content (AvgIpc) is 2.68. The van der Waals surface area contributed by atoms with Crippen molar-refractivity contribution < 1.29 is 9.84 Å². The van der Waals surface area contributed by atoms with E-state index < -0.39 is 0 Å². The van der Waals surface area contributed by atoms with E-state index >= 15 is 0 Å². The van der Waals surface area contributed by atoms with Gasteiger partial charge in [-0.05, 0) is 43.9 Å². The van der Waals surface area contributed by atoms with E-state index in [1.807, 2.05) is 0 Å². The minimum absolute atomic E-state index is 0.0644. The summed E-state index contributed by atoms with van der Waals surface area (Å²) in [7, 11) is 0. The maximum atomic E-state index is 10.1. The zero-order valence-corrected chi connectivity index (χ0v) is 11.4. The molecule has 2 atom stereocenters. The molecule has 1 aliphatic heterocycles. The van der Waals surface area contributed by atoms with Crippen LogP contribution in [-0.4, -0.2) is 48.5 Å². The van der Waals surface area contributed by atoms with Crippen molar-refractivity contribution in [1.29, 1.82) is 0 Å². The largest absolute Gasteiger partial charge is 0.393 e. The standard InChI is InChI=1S/C15H27NO2/c17-13-4-7-15(5-1-2-6-15)14(12-13)16-8-3-10-18-11-9-16/h13-14,17H,1-12H2. The van der Waals surface area contributed by atoms with Crippen LogP contribution in [0.15, 0.2) is 0 Å². The van der Waals surface area contributed by atoms with E-state index in [-0.39, 0.29) is 6.10 Å². The van der Waals surface area contributed by atoms with Crippen LogP contribution in [0.25, 0.3) is 0 Å². The predicted molar refractivity (Wildman–Crippen MR) is 71.6 cm³/mol. The van der Waals surface area contributed by atoms with Crippen molar-refractivity contribution in [1.82, 2.24) is 4.90 Å². The lowest BCUT2D eigenvalue weighted by molar-refractivity contribution is -0.0268. The molecule has 3 nitrogen and oxygen atoms in total. The van der Waals surface area contributed by atoms with E-state index in [4.69, 9.17) is 4.74 Å². The van der Waals surface area contributed by atoms with Crippen LogP contribution in [0, 0.1) is 5.41 Å². The number of rotatable bonds is 1. The van der Waals surface area contributed by atoms with Crippen molar-refractivity contribution in [3.8, 4) is 0 Å². The zero-order valence-electron chi connectivity index (χ0n) is 11.4. The van der Waals surface area contributed by atoms with E-state index in [1.54, 1.807) is 0 Å². The van der Waals surface area contributed by atoms with E-state index in [2.05, 4.69) is 4.90 Å². The van der Waals surface area contributed by atoms with Gasteiger partial charge in [0.05, 0.1) is 12.7 Å². The Labute approximate surface area is 110 Å². The normalized spacial score (nSPS) is 37.8. The molecule has 1 spiro atoms. The molecule has 1 heterocycles. The van der Waals surface area contributed by atoms with Crippen molar-refractivity contribution in [2.24, 2.45) is 5.41 Å². The van der Waals surface area contributed by atoms with Gasteiger partial charge in [-0.25, -0.2) is 0 Å². The van der Waals surface area contributed by atoms with Crippen LogP contribution >= 0.6 is 0 Å². The van der Waals surface area contributed by atoms with E-state index in [9.17, 15) is 5.11 Å². The van der Waals surface area contributed by atoms with E-state index in [0.29, 0.717) is 11.5 Å². The fraction of sp³-hybridized carbons (Fsp3) is 1.00. The smallest absolute Gasteiger partial charge is 0.0593 e. The number of nitrogens with zero attached hydrogens (tertiary/aromatic N) is 1. The first kappa shape index (κ1) is 12.9. The van der Waals surface area contributed by atoms with Gasteiger partial charge in [0.25, 0.3) is 0 Å². The summed E-state index contributed by atoms with van der Waals surface area (Å²) in [6.07, 6.45) is 9.95. The topological polar surface area (TPSA) is 32.7 Å². The Hall–Kier alpha value is -0.120. The van der Waals surface area contributed by atoms with Gasteiger partial charge >= 0.3 is 0 Å². The molecular formula is C15H27NO2. The van der Waals surface area contributed by atoms with Gasteiger partial charge < -0.3 is 9.84 Å². The predicted octanol–water partition coefficient (Wildman–Crippen LogP) is 2.18. The van der Waals surface area contributed by atoms with Gasteiger partial charge in [-0.15, -0.1) is 0 Å². The van der Waals surface area contributed by atoms with Crippen molar-refractivity contribution in [3.63, 3.8) is 0 Å². The zero-order chi connectivity index (χ0) is 12.4. The fourth-order valence-corrected chi connectivity index (χ4v) is 4.52. The van der Waals surface area contributed by atoms with Crippen LogP contribution < -0.4 is 0 Å². The molecule has 18 heavy (non-hydrogen) atoms. The van der Waals surface area contributed by atoms with Crippen LogP contribution in [-0.2, 0) is 4.74 Å². The van der Waals surface area contributed by atoms with Crippen molar-refractivity contribution in [3.05, 3.63) is 0 Å². The summed E-state index contributed by atoms with van der Waals surface area (Å²) in [5.41, 5.74) is 0.531. The Morgan fingerprint density at radius 2 is 1.83 bits per heavy atom. The monoisotopic (exact) mass is 253 g/mol. The van der Waals surface area contributed by atoms with Gasteiger partial charge in [-0.2, -0.15) is 0 Å². The lowest BCUT2D eigenvalue weighted by Gasteiger charge is -2.48. The second-order valence-electron chi connectivity index (χ2n) is 6.52. The number of hydrogen-bond donors (Lipinski definition) is 1. The minimum atomic E-state index is -0.0644. The van der Waals surface area contributed by atoms with Gasteiger partial charge in [-0.1, -0.05) is 12.8 Å². The number of ether oxygens (including phenoxy) is 1. The minimum Gasteiger partial charge on any atom is -0.393 e. The summed E-state index contributed by atoms with van der Waals surface area (Å²) in [6.45, 7) is 4.03. The molecule has 1 N–H and O–H groups in total. The maximum absolute atomic E-state index is 10.1. The van der Waals surface area contributed by atoms with Gasteiger partial charge in [-0.3, -0.25) is 4.90 Å². The summed E-state index contributed by atoms with van der Waals surface area (Å²) in [6, 6.07) is 0.616. The number of aliphatic hydroxyl groups excluding tert-OH is 1. The Bertz CT molecular complexity index is 268. The molecule has 2 saturated carbocycles. The van der Waals surface area contributed by atoms with Crippen LogP contribution in [0.3, 0.4) is 0 Å². The van der Waals surface area contributed by atoms with Crippen LogP contribution in [0.2, 0.25) is 0 Å². The summed E-state index contributed by atoms with van der Waals surface area (Å²) in [5, 5.41) is 10.1. The maximum Gasteiger partial charge on any atom is 0.0593 e. The summed E-state index contributed by atoms with van der Waals surface area (Å²) < 4.78 is 5.59. The molecule has 0 amide bonds. The molecule has 0 aromatic heterocycles. The molecule has 1 saturated heterocycles. The third-order valence-corrected chi connectivity index (χ3v) is 5.47. The second kappa shape index (κ2) is 5.48. The van der Waals surface area contributed by atoms with Crippen LogP contribution in [0.1, 0.15) is 51.4 Å². The van der Waals surface area contributed by atoms with E-state index in [0.717, 1.165) is 39.0 Å². The molecule has 104 valence electrons. The molecule has 3 fully saturated rings. The second-order valence-corrected chi connectivity index (χ2v) is 6.52. The van der Waals surface area contributed by atoms with Crippen LogP contribution in [0.4, 0.5) is 0 Å². The first-order valence-electron chi connectivity index (χ1n) is 7.80. The first-order chi connectivity index (χ1) is 8.80. The summed E-state index contributed by atoms with van der Waals surface area (Å²) >= 11 is 0. The number of aliphatic hydroxyl groups is 1. The fourth-order valence-electron chi connectivity index (χ4n) is 4.52. The van der Waals surface area contributed by atoms with Gasteiger partial charge in [0.1, 0.15) is 0 Å². The van der Waals surface area contributed by atoms with Crippen LogP contribution in [0.5, 0.6) is 0 Å². The first-order valence-corrected chi connectivity index (χ1v) is 7.80. The highest BCUT2D eigenvalue weighted by atomic mass is 16.5. The highest BCUT2D eigenvalue weighted by Gasteiger charge is 2.47. The SMILES string of the molecule is OC1CCC2(CCCC2)C(N2CCCOCC2)C1. The molecule has 0 aromatic rings. The highest BCUT2D eigenvalue weighted by molar-refractivity contribution is 5.00. The molecule has 0 bridgehead atoms. The third-order valence-electron chi connectivity index (χ3n) is 5.47.